The third-order valence-corrected chi connectivity index (χ3v) is 3.06. The molecule has 1 aromatic rings. The number of benzene rings is 1. The van der Waals surface area contributed by atoms with Gasteiger partial charge in [0.05, 0.1) is 0 Å². The average molecular weight is 278 g/mol. The maximum atomic E-state index is 13.2. The molecule has 0 amide bonds. The molecule has 0 saturated carbocycles. The van der Waals surface area contributed by atoms with Gasteiger partial charge in [0.1, 0.15) is 11.9 Å². The zero-order chi connectivity index (χ0) is 14.4. The molecule has 1 aliphatic heterocycles. The second-order valence-electron chi connectivity index (χ2n) is 4.47. The van der Waals surface area contributed by atoms with Crippen molar-refractivity contribution in [1.29, 1.82) is 0 Å². The summed E-state index contributed by atoms with van der Waals surface area (Å²) in [6.45, 7) is 3.50. The van der Waals surface area contributed by atoms with E-state index in [1.165, 1.54) is 0 Å². The van der Waals surface area contributed by atoms with Crippen LogP contribution in [0.1, 0.15) is 25.0 Å². The first-order valence-electron chi connectivity index (χ1n) is 5.57. The van der Waals surface area contributed by atoms with Crippen LogP contribution in [0.25, 0.3) is 6.08 Å². The fourth-order valence-corrected chi connectivity index (χ4v) is 1.77. The van der Waals surface area contributed by atoms with Crippen molar-refractivity contribution >= 4 is 6.08 Å². The first-order valence-corrected chi connectivity index (χ1v) is 5.57. The van der Waals surface area contributed by atoms with Gasteiger partial charge >= 0.3 is 12.1 Å². The van der Waals surface area contributed by atoms with Crippen molar-refractivity contribution in [2.45, 2.75) is 32.1 Å². The zero-order valence-corrected chi connectivity index (χ0v) is 10.2. The zero-order valence-electron chi connectivity index (χ0n) is 10.2. The van der Waals surface area contributed by atoms with Crippen LogP contribution in [0.5, 0.6) is 5.75 Å². The molecule has 104 valence electrons. The summed E-state index contributed by atoms with van der Waals surface area (Å²) >= 11 is 0. The lowest BCUT2D eigenvalue weighted by molar-refractivity contribution is -0.289. The van der Waals surface area contributed by atoms with Gasteiger partial charge in [0, 0.05) is 11.1 Å². The minimum absolute atomic E-state index is 0.221. The Kier molecular flexibility index (Phi) is 3.07. The molecule has 0 aliphatic carbocycles. The van der Waals surface area contributed by atoms with Crippen molar-refractivity contribution in [2.24, 2.45) is 0 Å². The van der Waals surface area contributed by atoms with Crippen LogP contribution in [0.15, 0.2) is 23.8 Å². The van der Waals surface area contributed by atoms with Crippen LogP contribution in [0.2, 0.25) is 0 Å². The molecule has 0 bridgehead atoms. The lowest BCUT2D eigenvalue weighted by Crippen LogP contribution is -2.33. The molecule has 1 nitrogen and oxygen atoms in total. The molecule has 0 saturated heterocycles. The van der Waals surface area contributed by atoms with Gasteiger partial charge in [0.2, 0.25) is 0 Å². The minimum Gasteiger partial charge on any atom is -0.486 e. The van der Waals surface area contributed by atoms with Gasteiger partial charge in [-0.25, -0.2) is 0 Å². The number of halogens is 5. The average Bonchev–Trinajstić information content (AvgIpc) is 2.28. The van der Waals surface area contributed by atoms with Crippen molar-refractivity contribution in [3.8, 4) is 5.75 Å². The van der Waals surface area contributed by atoms with E-state index in [1.54, 1.807) is 19.9 Å². The highest BCUT2D eigenvalue weighted by atomic mass is 19.4. The smallest absolute Gasteiger partial charge is 0.458 e. The van der Waals surface area contributed by atoms with E-state index in [-0.39, 0.29) is 11.7 Å². The molecule has 0 fully saturated rings. The fourth-order valence-electron chi connectivity index (χ4n) is 1.77. The highest BCUT2D eigenvalue weighted by Gasteiger charge is 2.58. The Hall–Kier alpha value is -1.59. The standard InChI is InChI=1S/C13H11F5O/c1-7-5-9-6-10(12(14,15)13(16,17)18)3-4-11(9)19-8(7)2/h3-6,8H,1-2H3. The van der Waals surface area contributed by atoms with E-state index < -0.39 is 17.7 Å². The lowest BCUT2D eigenvalue weighted by Gasteiger charge is -2.25. The van der Waals surface area contributed by atoms with Crippen LogP contribution in [0.4, 0.5) is 22.0 Å². The predicted molar refractivity (Wildman–Crippen MR) is 60.1 cm³/mol. The van der Waals surface area contributed by atoms with Crippen LogP contribution < -0.4 is 4.74 Å². The summed E-state index contributed by atoms with van der Waals surface area (Å²) in [5, 5.41) is 0. The predicted octanol–water partition coefficient (Wildman–Crippen LogP) is 4.52. The monoisotopic (exact) mass is 278 g/mol. The van der Waals surface area contributed by atoms with Gasteiger partial charge in [-0.2, -0.15) is 22.0 Å². The van der Waals surface area contributed by atoms with E-state index in [0.717, 1.165) is 23.8 Å². The third kappa shape index (κ3) is 2.31. The summed E-state index contributed by atoms with van der Waals surface area (Å²) < 4.78 is 68.7. The van der Waals surface area contributed by atoms with Gasteiger partial charge in [0.15, 0.2) is 0 Å². The van der Waals surface area contributed by atoms with E-state index in [2.05, 4.69) is 0 Å². The molecule has 1 unspecified atom stereocenters. The van der Waals surface area contributed by atoms with Crippen LogP contribution in [0.3, 0.4) is 0 Å². The molecule has 1 atom stereocenters. The molecule has 0 spiro atoms. The first kappa shape index (κ1) is 13.8. The van der Waals surface area contributed by atoms with Crippen molar-refractivity contribution in [3.05, 3.63) is 34.9 Å². The largest absolute Gasteiger partial charge is 0.486 e. The highest BCUT2D eigenvalue weighted by molar-refractivity contribution is 5.63. The molecule has 0 N–H and O–H groups in total. The SMILES string of the molecule is CC1=Cc2cc(C(F)(F)C(F)(F)F)ccc2OC1C. The van der Waals surface area contributed by atoms with Gasteiger partial charge in [-0.1, -0.05) is 0 Å². The summed E-state index contributed by atoms with van der Waals surface area (Å²) in [5.74, 6) is -4.56. The van der Waals surface area contributed by atoms with Gasteiger partial charge < -0.3 is 4.74 Å². The molecular formula is C13H11F5O. The summed E-state index contributed by atoms with van der Waals surface area (Å²) in [4.78, 5) is 0. The molecule has 0 radical (unpaired) electrons. The first-order chi connectivity index (χ1) is 8.63. The molecule has 1 aliphatic rings. The second-order valence-corrected chi connectivity index (χ2v) is 4.47. The number of fused-ring (bicyclic) bond motifs is 1. The highest BCUT2D eigenvalue weighted by Crippen LogP contribution is 2.45. The molecule has 6 heteroatoms. The van der Waals surface area contributed by atoms with Crippen molar-refractivity contribution in [3.63, 3.8) is 0 Å². The van der Waals surface area contributed by atoms with Crippen LogP contribution in [0, 0.1) is 0 Å². The Morgan fingerprint density at radius 2 is 1.74 bits per heavy atom. The quantitative estimate of drug-likeness (QED) is 0.686. The normalized spacial score (nSPS) is 19.5. The molecule has 19 heavy (non-hydrogen) atoms. The second kappa shape index (κ2) is 4.21. The van der Waals surface area contributed by atoms with Crippen molar-refractivity contribution < 1.29 is 26.7 Å². The fraction of sp³-hybridized carbons (Fsp3) is 0.385. The Balaban J connectivity index is 2.48. The summed E-state index contributed by atoms with van der Waals surface area (Å²) in [6, 6.07) is 2.70. The van der Waals surface area contributed by atoms with Crippen molar-refractivity contribution in [2.75, 3.05) is 0 Å². The van der Waals surface area contributed by atoms with Gasteiger partial charge in [-0.3, -0.25) is 0 Å². The maximum Gasteiger partial charge on any atom is 0.458 e. The van der Waals surface area contributed by atoms with Gasteiger partial charge in [-0.15, -0.1) is 0 Å². The number of ether oxygens (including phenoxy) is 1. The van der Waals surface area contributed by atoms with Crippen LogP contribution in [-0.4, -0.2) is 12.3 Å². The maximum absolute atomic E-state index is 13.2. The van der Waals surface area contributed by atoms with E-state index in [0.29, 0.717) is 5.75 Å². The van der Waals surface area contributed by atoms with Gasteiger partial charge in [-0.05, 0) is 43.7 Å². The number of rotatable bonds is 1. The Bertz CT molecular complexity index is 530. The number of hydrogen-bond acceptors (Lipinski definition) is 1. The minimum atomic E-state index is -5.61. The molecule has 0 aromatic heterocycles. The van der Waals surface area contributed by atoms with E-state index >= 15 is 0 Å². The van der Waals surface area contributed by atoms with Crippen LogP contribution in [-0.2, 0) is 5.92 Å². The van der Waals surface area contributed by atoms with Crippen LogP contribution >= 0.6 is 0 Å². The number of hydrogen-bond donors (Lipinski definition) is 0. The molecule has 1 aromatic carbocycles. The Morgan fingerprint density at radius 1 is 1.11 bits per heavy atom. The molecular weight excluding hydrogens is 267 g/mol. The molecule has 1 heterocycles. The number of alkyl halides is 5. The van der Waals surface area contributed by atoms with Crippen molar-refractivity contribution in [1.82, 2.24) is 0 Å². The third-order valence-electron chi connectivity index (χ3n) is 3.06. The summed E-state index contributed by atoms with van der Waals surface area (Å²) in [5.41, 5.74) is -0.0852. The molecule has 2 rings (SSSR count). The Morgan fingerprint density at radius 3 is 2.32 bits per heavy atom. The van der Waals surface area contributed by atoms with E-state index in [4.69, 9.17) is 4.74 Å². The van der Waals surface area contributed by atoms with E-state index in [9.17, 15) is 22.0 Å². The van der Waals surface area contributed by atoms with E-state index in [1.807, 2.05) is 0 Å². The Labute approximate surface area is 106 Å². The topological polar surface area (TPSA) is 9.23 Å². The summed E-state index contributed by atoms with van der Waals surface area (Å²) in [7, 11) is 0. The lowest BCUT2D eigenvalue weighted by atomic mass is 9.99. The summed E-state index contributed by atoms with van der Waals surface area (Å²) in [6.07, 6.45) is -4.27. The van der Waals surface area contributed by atoms with Gasteiger partial charge in [0.25, 0.3) is 0 Å².